The third-order valence-corrected chi connectivity index (χ3v) is 4.20. The van der Waals surface area contributed by atoms with Gasteiger partial charge in [0.2, 0.25) is 0 Å². The smallest absolute Gasteiger partial charge is 0.302 e. The molecule has 2 rings (SSSR count). The number of hydrogen-bond acceptors (Lipinski definition) is 5. The van der Waals surface area contributed by atoms with Gasteiger partial charge in [0, 0.05) is 12.4 Å². The fourth-order valence-corrected chi connectivity index (χ4v) is 2.69. The molecule has 0 spiro atoms. The molecular weight excluding hydrogens is 291 g/mol. The minimum atomic E-state index is -4.44. The molecule has 3 nitrogen and oxygen atoms in total. The highest BCUT2D eigenvalue weighted by Crippen LogP contribution is 2.28. The lowest BCUT2D eigenvalue weighted by molar-refractivity contribution is -0.141. The Kier molecular flexibility index (Phi) is 3.79. The maximum absolute atomic E-state index is 12.4. The Bertz CT molecular complexity index is 525. The molecule has 0 bridgehead atoms. The van der Waals surface area contributed by atoms with Crippen molar-refractivity contribution in [3.63, 3.8) is 0 Å². The van der Waals surface area contributed by atoms with Crippen LogP contribution in [0.4, 0.5) is 13.2 Å². The summed E-state index contributed by atoms with van der Waals surface area (Å²) in [5.41, 5.74) is -0.535. The quantitative estimate of drug-likeness (QED) is 0.407. The molecule has 0 aliphatic heterocycles. The molecule has 2 aromatic heterocycles. The fourth-order valence-electron chi connectivity index (χ4n) is 1.18. The Labute approximate surface area is 108 Å². The topological polar surface area (TPSA) is 30.2 Å². The van der Waals surface area contributed by atoms with Crippen molar-refractivity contribution in [3.05, 3.63) is 24.3 Å². The molecule has 0 aliphatic rings. The van der Waals surface area contributed by atoms with E-state index in [2.05, 4.69) is 21.6 Å². The third kappa shape index (κ3) is 3.02. The molecular formula is C8H6F3N3S3. The van der Waals surface area contributed by atoms with Gasteiger partial charge in [0.05, 0.1) is 11.3 Å². The van der Waals surface area contributed by atoms with Crippen LogP contribution in [0.2, 0.25) is 0 Å². The Hall–Kier alpha value is -0.540. The maximum Gasteiger partial charge on any atom is 0.434 e. The molecule has 0 N–H and O–H groups in total. The number of imidazole rings is 1. The summed E-state index contributed by atoms with van der Waals surface area (Å²) >= 11 is 5.37. The van der Waals surface area contributed by atoms with E-state index in [-0.39, 0.29) is 0 Å². The Balaban J connectivity index is 2.34. The molecule has 0 unspecified atom stereocenters. The molecule has 0 aromatic carbocycles. The molecule has 0 atom stereocenters. The highest BCUT2D eigenvalue weighted by atomic mass is 33.1. The van der Waals surface area contributed by atoms with Crippen molar-refractivity contribution in [3.8, 4) is 0 Å². The SMILES string of the molecule is FC(F)(F)c1cn2cc(SCSS)nc2cn1. The number of thioether (sulfide) groups is 1. The van der Waals surface area contributed by atoms with Crippen molar-refractivity contribution < 1.29 is 13.2 Å². The maximum atomic E-state index is 12.4. The zero-order valence-corrected chi connectivity index (χ0v) is 10.7. The van der Waals surface area contributed by atoms with Crippen LogP contribution in [-0.2, 0) is 6.18 Å². The standard InChI is InChI=1S/C8H6F3N3S3/c9-8(10,11)5-2-14-3-7(16-4-17-15)13-6(14)1-12-5/h1-3,15H,4H2. The third-order valence-electron chi connectivity index (χ3n) is 1.87. The van der Waals surface area contributed by atoms with Crippen LogP contribution in [0.5, 0.6) is 0 Å². The fraction of sp³-hybridized carbons (Fsp3) is 0.250. The molecule has 0 radical (unpaired) electrons. The van der Waals surface area contributed by atoms with Gasteiger partial charge in [-0.15, -0.1) is 11.7 Å². The number of rotatable bonds is 3. The molecule has 0 aliphatic carbocycles. The number of thiol groups is 1. The first-order valence-electron chi connectivity index (χ1n) is 4.32. The molecule has 2 aromatic rings. The van der Waals surface area contributed by atoms with Gasteiger partial charge in [-0.1, -0.05) is 22.6 Å². The van der Waals surface area contributed by atoms with E-state index in [4.69, 9.17) is 0 Å². The zero-order valence-electron chi connectivity index (χ0n) is 8.18. The van der Waals surface area contributed by atoms with Crippen molar-refractivity contribution >= 4 is 39.9 Å². The van der Waals surface area contributed by atoms with E-state index in [1.807, 2.05) is 0 Å². The highest BCUT2D eigenvalue weighted by molar-refractivity contribution is 8.70. The Morgan fingerprint density at radius 3 is 2.76 bits per heavy atom. The molecule has 0 saturated carbocycles. The molecule has 92 valence electrons. The van der Waals surface area contributed by atoms with E-state index in [1.54, 1.807) is 6.20 Å². The molecule has 0 fully saturated rings. The number of aromatic nitrogens is 3. The van der Waals surface area contributed by atoms with Crippen molar-refractivity contribution in [1.82, 2.24) is 14.4 Å². The molecule has 2 heterocycles. The lowest BCUT2D eigenvalue weighted by Crippen LogP contribution is -2.08. The van der Waals surface area contributed by atoms with E-state index in [1.165, 1.54) is 27.0 Å². The van der Waals surface area contributed by atoms with Crippen LogP contribution < -0.4 is 0 Å². The lowest BCUT2D eigenvalue weighted by atomic mass is 10.4. The van der Waals surface area contributed by atoms with E-state index in [9.17, 15) is 13.2 Å². The van der Waals surface area contributed by atoms with Crippen molar-refractivity contribution in [2.24, 2.45) is 0 Å². The van der Waals surface area contributed by atoms with Crippen LogP contribution in [0.15, 0.2) is 23.6 Å². The van der Waals surface area contributed by atoms with Crippen LogP contribution >= 0.6 is 34.2 Å². The van der Waals surface area contributed by atoms with Crippen LogP contribution in [0.25, 0.3) is 5.65 Å². The van der Waals surface area contributed by atoms with E-state index in [0.29, 0.717) is 15.8 Å². The van der Waals surface area contributed by atoms with Crippen LogP contribution in [0.1, 0.15) is 5.69 Å². The van der Waals surface area contributed by atoms with E-state index in [0.717, 1.165) is 12.4 Å². The van der Waals surface area contributed by atoms with Crippen molar-refractivity contribution in [1.29, 1.82) is 0 Å². The van der Waals surface area contributed by atoms with Crippen LogP contribution in [0, 0.1) is 0 Å². The molecule has 0 saturated heterocycles. The summed E-state index contributed by atoms with van der Waals surface area (Å²) in [5.74, 6) is 0. The van der Waals surface area contributed by atoms with Crippen molar-refractivity contribution in [2.45, 2.75) is 11.2 Å². The highest BCUT2D eigenvalue weighted by Gasteiger charge is 2.32. The molecule has 9 heteroatoms. The van der Waals surface area contributed by atoms with Crippen molar-refractivity contribution in [2.75, 3.05) is 5.08 Å². The van der Waals surface area contributed by atoms with Gasteiger partial charge in [0.25, 0.3) is 0 Å². The first-order chi connectivity index (χ1) is 8.00. The largest absolute Gasteiger partial charge is 0.434 e. The van der Waals surface area contributed by atoms with Gasteiger partial charge >= 0.3 is 6.18 Å². The van der Waals surface area contributed by atoms with E-state index < -0.39 is 11.9 Å². The minimum Gasteiger partial charge on any atom is -0.302 e. The summed E-state index contributed by atoms with van der Waals surface area (Å²) in [6.07, 6.45) is -0.853. The summed E-state index contributed by atoms with van der Waals surface area (Å²) in [7, 11) is 1.33. The predicted molar refractivity (Wildman–Crippen MR) is 65.3 cm³/mol. The number of hydrogen-bond donors (Lipinski definition) is 1. The lowest BCUT2D eigenvalue weighted by Gasteiger charge is -2.04. The summed E-state index contributed by atoms with van der Waals surface area (Å²) in [6.45, 7) is 0. The molecule has 17 heavy (non-hydrogen) atoms. The second kappa shape index (κ2) is 4.99. The summed E-state index contributed by atoms with van der Waals surface area (Å²) in [5, 5.41) is 1.32. The summed E-state index contributed by atoms with van der Waals surface area (Å²) in [4.78, 5) is 7.46. The Morgan fingerprint density at radius 2 is 2.12 bits per heavy atom. The van der Waals surface area contributed by atoms with Crippen LogP contribution in [0.3, 0.4) is 0 Å². The first kappa shape index (κ1) is 12.9. The Morgan fingerprint density at radius 1 is 1.35 bits per heavy atom. The average molecular weight is 297 g/mol. The molecule has 0 amide bonds. The number of nitrogens with zero attached hydrogens (tertiary/aromatic N) is 3. The minimum absolute atomic E-state index is 0.393. The predicted octanol–water partition coefficient (Wildman–Crippen LogP) is 3.38. The second-order valence-electron chi connectivity index (χ2n) is 3.01. The summed E-state index contributed by atoms with van der Waals surface area (Å²) in [6, 6.07) is 0. The first-order valence-corrected chi connectivity index (χ1v) is 7.34. The second-order valence-corrected chi connectivity index (χ2v) is 5.69. The normalized spacial score (nSPS) is 12.2. The van der Waals surface area contributed by atoms with Gasteiger partial charge in [-0.3, -0.25) is 0 Å². The van der Waals surface area contributed by atoms with Gasteiger partial charge in [0.1, 0.15) is 5.03 Å². The number of halogens is 3. The zero-order chi connectivity index (χ0) is 12.5. The van der Waals surface area contributed by atoms with E-state index >= 15 is 0 Å². The van der Waals surface area contributed by atoms with Gasteiger partial charge in [-0.2, -0.15) is 13.2 Å². The number of fused-ring (bicyclic) bond motifs is 1. The van der Waals surface area contributed by atoms with Gasteiger partial charge in [-0.05, 0) is 0 Å². The number of alkyl halides is 3. The average Bonchev–Trinajstić information content (AvgIpc) is 2.66. The summed E-state index contributed by atoms with van der Waals surface area (Å²) < 4.78 is 38.6. The van der Waals surface area contributed by atoms with Gasteiger partial charge in [0.15, 0.2) is 11.3 Å². The van der Waals surface area contributed by atoms with Crippen LogP contribution in [-0.4, -0.2) is 19.5 Å². The van der Waals surface area contributed by atoms with Gasteiger partial charge in [-0.25, -0.2) is 9.97 Å². The van der Waals surface area contributed by atoms with Gasteiger partial charge < -0.3 is 4.40 Å². The monoisotopic (exact) mass is 297 g/mol.